The van der Waals surface area contributed by atoms with Crippen molar-refractivity contribution in [2.24, 2.45) is 7.05 Å². The zero-order chi connectivity index (χ0) is 13.8. The summed E-state index contributed by atoms with van der Waals surface area (Å²) in [6.45, 7) is 5.08. The van der Waals surface area contributed by atoms with Crippen molar-refractivity contribution < 1.29 is 0 Å². The molecule has 0 fully saturated rings. The molecule has 102 valence electrons. The van der Waals surface area contributed by atoms with Gasteiger partial charge in [-0.05, 0) is 29.5 Å². The summed E-state index contributed by atoms with van der Waals surface area (Å²) in [5, 5.41) is 13.0. The monoisotopic (exact) mass is 296 g/mol. The highest BCUT2D eigenvalue weighted by molar-refractivity contribution is 7.99. The molecular weight excluding hydrogens is 280 g/mol. The lowest BCUT2D eigenvalue weighted by atomic mass is 10.2. The van der Waals surface area contributed by atoms with E-state index in [0.29, 0.717) is 6.04 Å². The first-order valence-corrected chi connectivity index (χ1v) is 7.29. The molecule has 0 saturated carbocycles. The fraction of sp³-hybridized carbons (Fsp3) is 0.385. The van der Waals surface area contributed by atoms with Gasteiger partial charge in [0.15, 0.2) is 5.16 Å². The highest BCUT2D eigenvalue weighted by Gasteiger charge is 2.09. The number of aryl methyl sites for hydroxylation is 1. The normalized spacial score (nSPS) is 11.2. The number of hydrogen-bond donors (Lipinski definition) is 1. The van der Waals surface area contributed by atoms with E-state index in [1.807, 2.05) is 23.7 Å². The van der Waals surface area contributed by atoms with Crippen LogP contribution in [0.25, 0.3) is 0 Å². The molecule has 0 spiro atoms. The average Bonchev–Trinajstić information content (AvgIpc) is 2.74. The predicted molar refractivity (Wildman–Crippen MR) is 78.6 cm³/mol. The first kappa shape index (κ1) is 14.4. The molecule has 2 rings (SSSR count). The van der Waals surface area contributed by atoms with Crippen molar-refractivity contribution in [1.82, 2.24) is 20.1 Å². The third-order valence-electron chi connectivity index (χ3n) is 2.60. The van der Waals surface area contributed by atoms with Gasteiger partial charge in [-0.2, -0.15) is 0 Å². The number of benzene rings is 1. The summed E-state index contributed by atoms with van der Waals surface area (Å²) < 4.78 is 1.89. The van der Waals surface area contributed by atoms with Gasteiger partial charge in [-0.25, -0.2) is 0 Å². The minimum atomic E-state index is 0.448. The summed E-state index contributed by atoms with van der Waals surface area (Å²) in [6, 6.07) is 6.39. The van der Waals surface area contributed by atoms with E-state index in [0.717, 1.165) is 21.6 Å². The van der Waals surface area contributed by atoms with Gasteiger partial charge in [0.1, 0.15) is 6.33 Å². The van der Waals surface area contributed by atoms with Crippen LogP contribution in [0.3, 0.4) is 0 Å². The second kappa shape index (κ2) is 6.41. The molecule has 4 nitrogen and oxygen atoms in total. The van der Waals surface area contributed by atoms with Gasteiger partial charge in [0.25, 0.3) is 0 Å². The molecule has 0 radical (unpaired) electrons. The van der Waals surface area contributed by atoms with Crippen LogP contribution in [0.2, 0.25) is 5.02 Å². The van der Waals surface area contributed by atoms with Crippen LogP contribution >= 0.6 is 23.4 Å². The Bertz CT molecular complexity index is 553. The standard InChI is InChI=1S/C13H17ClN4S/c1-9(2)15-7-10-4-5-11(14)6-12(10)19-13-17-16-8-18(13)3/h4-6,8-9,15H,7H2,1-3H3. The molecule has 2 aromatic rings. The third-order valence-corrected chi connectivity index (χ3v) is 3.99. The summed E-state index contributed by atoms with van der Waals surface area (Å²) in [6.07, 6.45) is 1.69. The van der Waals surface area contributed by atoms with E-state index >= 15 is 0 Å². The molecule has 0 aliphatic rings. The van der Waals surface area contributed by atoms with Crippen LogP contribution in [0.1, 0.15) is 19.4 Å². The Balaban J connectivity index is 2.22. The topological polar surface area (TPSA) is 42.7 Å². The Morgan fingerprint density at radius 3 is 2.84 bits per heavy atom. The van der Waals surface area contributed by atoms with Crippen LogP contribution in [0.4, 0.5) is 0 Å². The first-order chi connectivity index (χ1) is 9.06. The van der Waals surface area contributed by atoms with E-state index in [1.54, 1.807) is 18.1 Å². The van der Waals surface area contributed by atoms with E-state index in [9.17, 15) is 0 Å². The quantitative estimate of drug-likeness (QED) is 0.920. The summed E-state index contributed by atoms with van der Waals surface area (Å²) in [7, 11) is 1.93. The van der Waals surface area contributed by atoms with Gasteiger partial charge in [0, 0.05) is 29.6 Å². The van der Waals surface area contributed by atoms with Crippen molar-refractivity contribution in [1.29, 1.82) is 0 Å². The third kappa shape index (κ3) is 3.96. The van der Waals surface area contributed by atoms with Crippen molar-refractivity contribution in [3.05, 3.63) is 35.1 Å². The van der Waals surface area contributed by atoms with E-state index in [2.05, 4.69) is 35.4 Å². The largest absolute Gasteiger partial charge is 0.311 e. The second-order valence-electron chi connectivity index (χ2n) is 4.61. The highest BCUT2D eigenvalue weighted by Crippen LogP contribution is 2.31. The number of aromatic nitrogens is 3. The molecular formula is C13H17ClN4S. The maximum Gasteiger partial charge on any atom is 0.195 e. The number of rotatable bonds is 5. The van der Waals surface area contributed by atoms with Gasteiger partial charge < -0.3 is 9.88 Å². The minimum absolute atomic E-state index is 0.448. The Labute approximate surface area is 122 Å². The minimum Gasteiger partial charge on any atom is -0.311 e. The molecule has 0 bridgehead atoms. The van der Waals surface area contributed by atoms with Gasteiger partial charge in [0.2, 0.25) is 0 Å². The van der Waals surface area contributed by atoms with Gasteiger partial charge in [-0.3, -0.25) is 0 Å². The van der Waals surface area contributed by atoms with Gasteiger partial charge in [-0.1, -0.05) is 31.5 Å². The van der Waals surface area contributed by atoms with E-state index in [4.69, 9.17) is 11.6 Å². The fourth-order valence-corrected chi connectivity index (χ4v) is 2.72. The molecule has 1 aromatic carbocycles. The van der Waals surface area contributed by atoms with Crippen LogP contribution < -0.4 is 5.32 Å². The van der Waals surface area contributed by atoms with E-state index in [1.165, 1.54) is 5.56 Å². The smallest absolute Gasteiger partial charge is 0.195 e. The van der Waals surface area contributed by atoms with Crippen molar-refractivity contribution in [3.8, 4) is 0 Å². The number of nitrogens with one attached hydrogen (secondary N) is 1. The fourth-order valence-electron chi connectivity index (χ4n) is 1.55. The van der Waals surface area contributed by atoms with E-state index in [-0.39, 0.29) is 0 Å². The molecule has 1 heterocycles. The molecule has 0 amide bonds. The predicted octanol–water partition coefficient (Wildman–Crippen LogP) is 3.12. The van der Waals surface area contributed by atoms with Crippen molar-refractivity contribution >= 4 is 23.4 Å². The molecule has 0 aliphatic carbocycles. The van der Waals surface area contributed by atoms with Gasteiger partial charge in [0.05, 0.1) is 0 Å². The van der Waals surface area contributed by atoms with Gasteiger partial charge >= 0.3 is 0 Å². The lowest BCUT2D eigenvalue weighted by Crippen LogP contribution is -2.22. The molecule has 1 N–H and O–H groups in total. The summed E-state index contributed by atoms with van der Waals surface area (Å²) in [5.41, 5.74) is 1.21. The number of hydrogen-bond acceptors (Lipinski definition) is 4. The van der Waals surface area contributed by atoms with Crippen molar-refractivity contribution in [2.75, 3.05) is 0 Å². The number of nitrogens with zero attached hydrogens (tertiary/aromatic N) is 3. The van der Waals surface area contributed by atoms with Crippen LogP contribution in [0.15, 0.2) is 34.6 Å². The van der Waals surface area contributed by atoms with E-state index < -0.39 is 0 Å². The molecule has 0 saturated heterocycles. The molecule has 0 aliphatic heterocycles. The highest BCUT2D eigenvalue weighted by atomic mass is 35.5. The van der Waals surface area contributed by atoms with Crippen LogP contribution in [-0.2, 0) is 13.6 Å². The summed E-state index contributed by atoms with van der Waals surface area (Å²) in [5.74, 6) is 0. The zero-order valence-corrected chi connectivity index (χ0v) is 12.8. The summed E-state index contributed by atoms with van der Waals surface area (Å²) in [4.78, 5) is 1.11. The van der Waals surface area contributed by atoms with Crippen LogP contribution in [-0.4, -0.2) is 20.8 Å². The second-order valence-corrected chi connectivity index (χ2v) is 6.06. The maximum absolute atomic E-state index is 6.08. The molecule has 0 unspecified atom stereocenters. The Hall–Kier alpha value is -1.04. The zero-order valence-electron chi connectivity index (χ0n) is 11.2. The Morgan fingerprint density at radius 2 is 2.21 bits per heavy atom. The number of halogens is 1. The van der Waals surface area contributed by atoms with Crippen molar-refractivity contribution in [2.45, 2.75) is 36.5 Å². The maximum atomic E-state index is 6.08. The summed E-state index contributed by atoms with van der Waals surface area (Å²) >= 11 is 7.66. The van der Waals surface area contributed by atoms with Crippen LogP contribution in [0.5, 0.6) is 0 Å². The van der Waals surface area contributed by atoms with Crippen LogP contribution in [0, 0.1) is 0 Å². The van der Waals surface area contributed by atoms with Crippen molar-refractivity contribution in [3.63, 3.8) is 0 Å². The Kier molecular flexibility index (Phi) is 4.85. The van der Waals surface area contributed by atoms with Gasteiger partial charge in [-0.15, -0.1) is 10.2 Å². The lowest BCUT2D eigenvalue weighted by molar-refractivity contribution is 0.584. The average molecular weight is 297 g/mol. The first-order valence-electron chi connectivity index (χ1n) is 6.10. The Morgan fingerprint density at radius 1 is 1.42 bits per heavy atom. The molecule has 6 heteroatoms. The molecule has 0 atom stereocenters. The lowest BCUT2D eigenvalue weighted by Gasteiger charge is -2.12. The molecule has 1 aromatic heterocycles. The SMILES string of the molecule is CC(C)NCc1ccc(Cl)cc1Sc1nncn1C. The molecule has 19 heavy (non-hydrogen) atoms.